The molecule has 0 saturated heterocycles. The number of carbonyl (C=O) groups is 2. The predicted octanol–water partition coefficient (Wildman–Crippen LogP) is 3.27. The standard InChI is InChI=1S/C24H30Cl4N4O8S2/c1-31(2)9-5-7-29-41(35,36)15-11-17(25)21(18(26)12-15)39-23(33)24(34)40-22-19(27)13-16(14-20(22)28)42(37,38)30-8-6-10-32(3)4/h11-14,29-30H,5-10H2,1-4H3. The second-order valence-corrected chi connectivity index (χ2v) is 14.5. The van der Waals surface area contributed by atoms with E-state index in [1.165, 1.54) is 0 Å². The lowest BCUT2D eigenvalue weighted by Gasteiger charge is -2.13. The summed E-state index contributed by atoms with van der Waals surface area (Å²) in [6.45, 7) is 1.62. The van der Waals surface area contributed by atoms with Gasteiger partial charge < -0.3 is 19.3 Å². The van der Waals surface area contributed by atoms with Crippen molar-refractivity contribution in [1.29, 1.82) is 0 Å². The number of nitrogens with zero attached hydrogens (tertiary/aromatic N) is 2. The Morgan fingerprint density at radius 2 is 0.929 bits per heavy atom. The minimum Gasteiger partial charge on any atom is -0.415 e. The maximum Gasteiger partial charge on any atom is 0.423 e. The van der Waals surface area contributed by atoms with Crippen LogP contribution in [0.15, 0.2) is 34.1 Å². The number of nitrogens with one attached hydrogen (secondary N) is 2. The van der Waals surface area contributed by atoms with Gasteiger partial charge in [0.2, 0.25) is 20.0 Å². The van der Waals surface area contributed by atoms with Crippen LogP contribution in [-0.2, 0) is 29.6 Å². The van der Waals surface area contributed by atoms with Crippen LogP contribution in [0, 0.1) is 0 Å². The van der Waals surface area contributed by atoms with Crippen molar-refractivity contribution in [3.63, 3.8) is 0 Å². The van der Waals surface area contributed by atoms with E-state index in [2.05, 4.69) is 9.44 Å². The molecule has 0 aliphatic carbocycles. The Hall–Kier alpha value is -1.72. The van der Waals surface area contributed by atoms with E-state index in [1.54, 1.807) is 0 Å². The molecule has 0 saturated carbocycles. The summed E-state index contributed by atoms with van der Waals surface area (Å²) in [4.78, 5) is 28.1. The molecular weight excluding hydrogens is 678 g/mol. The average Bonchev–Trinajstić information content (AvgIpc) is 2.88. The topological polar surface area (TPSA) is 151 Å². The summed E-state index contributed by atoms with van der Waals surface area (Å²) >= 11 is 24.4. The zero-order chi connectivity index (χ0) is 31.8. The molecule has 2 aromatic rings. The fraction of sp³-hybridized carbons (Fsp3) is 0.417. The van der Waals surface area contributed by atoms with Crippen molar-refractivity contribution in [1.82, 2.24) is 19.2 Å². The largest absolute Gasteiger partial charge is 0.423 e. The van der Waals surface area contributed by atoms with Crippen molar-refractivity contribution < 1.29 is 35.9 Å². The Morgan fingerprint density at radius 1 is 0.643 bits per heavy atom. The van der Waals surface area contributed by atoms with E-state index in [1.807, 2.05) is 38.0 Å². The van der Waals surface area contributed by atoms with Gasteiger partial charge in [-0.3, -0.25) is 0 Å². The number of halogens is 4. The van der Waals surface area contributed by atoms with E-state index in [4.69, 9.17) is 55.9 Å². The monoisotopic (exact) mass is 706 g/mol. The first-order valence-corrected chi connectivity index (χ1v) is 16.6. The third-order valence-corrected chi connectivity index (χ3v) is 9.27. The molecule has 0 unspecified atom stereocenters. The Morgan fingerprint density at radius 3 is 1.19 bits per heavy atom. The molecule has 0 bridgehead atoms. The molecular formula is C24H30Cl4N4O8S2. The summed E-state index contributed by atoms with van der Waals surface area (Å²) < 4.78 is 65.0. The van der Waals surface area contributed by atoms with Crippen LogP contribution in [0.3, 0.4) is 0 Å². The van der Waals surface area contributed by atoms with Crippen LogP contribution in [0.4, 0.5) is 0 Å². The fourth-order valence-corrected chi connectivity index (χ4v) is 6.86. The van der Waals surface area contributed by atoms with Gasteiger partial charge in [0.1, 0.15) is 0 Å². The highest BCUT2D eigenvalue weighted by Crippen LogP contribution is 2.37. The van der Waals surface area contributed by atoms with Crippen LogP contribution < -0.4 is 18.9 Å². The number of ether oxygens (including phenoxy) is 2. The van der Waals surface area contributed by atoms with Gasteiger partial charge in [0.25, 0.3) is 0 Å². The van der Waals surface area contributed by atoms with Gasteiger partial charge in [0, 0.05) is 13.1 Å². The van der Waals surface area contributed by atoms with E-state index in [0.717, 1.165) is 24.3 Å². The number of rotatable bonds is 14. The highest BCUT2D eigenvalue weighted by molar-refractivity contribution is 7.89. The predicted molar refractivity (Wildman–Crippen MR) is 161 cm³/mol. The molecule has 0 atom stereocenters. The Kier molecular flexibility index (Phi) is 13.8. The first-order chi connectivity index (χ1) is 19.4. The molecule has 0 aromatic heterocycles. The molecule has 234 valence electrons. The summed E-state index contributed by atoms with van der Waals surface area (Å²) in [6, 6.07) is 3.99. The molecule has 0 aliphatic heterocycles. The van der Waals surface area contributed by atoms with Crippen molar-refractivity contribution in [3.8, 4) is 11.5 Å². The molecule has 0 fully saturated rings. The minimum atomic E-state index is -3.99. The molecule has 12 nitrogen and oxygen atoms in total. The van der Waals surface area contributed by atoms with E-state index in [-0.39, 0.29) is 43.0 Å². The van der Waals surface area contributed by atoms with Crippen LogP contribution in [-0.4, -0.2) is 92.9 Å². The molecule has 0 spiro atoms. The molecule has 2 rings (SSSR count). The van der Waals surface area contributed by atoms with Crippen LogP contribution >= 0.6 is 46.4 Å². The average molecular weight is 708 g/mol. The molecule has 0 amide bonds. The quantitative estimate of drug-likeness (QED) is 0.130. The number of sulfonamides is 2. The number of carbonyl (C=O) groups excluding carboxylic acids is 2. The zero-order valence-electron chi connectivity index (χ0n) is 23.0. The lowest BCUT2D eigenvalue weighted by Crippen LogP contribution is -2.28. The summed E-state index contributed by atoms with van der Waals surface area (Å²) in [5.41, 5.74) is 0. The third kappa shape index (κ3) is 10.8. The SMILES string of the molecule is CN(C)CCCNS(=O)(=O)c1cc(Cl)c(OC(=O)C(=O)Oc2c(Cl)cc(S(=O)(=O)NCCCN(C)C)cc2Cl)c(Cl)c1. The molecule has 2 aromatic carbocycles. The third-order valence-electron chi connectivity index (χ3n) is 5.27. The minimum absolute atomic E-state index is 0.156. The Bertz CT molecular complexity index is 1360. The zero-order valence-corrected chi connectivity index (χ0v) is 27.7. The second kappa shape index (κ2) is 15.8. The highest BCUT2D eigenvalue weighted by atomic mass is 35.5. The lowest BCUT2D eigenvalue weighted by molar-refractivity contribution is -0.156. The van der Waals surface area contributed by atoms with Gasteiger partial charge in [-0.05, 0) is 78.4 Å². The van der Waals surface area contributed by atoms with Gasteiger partial charge in [-0.1, -0.05) is 46.4 Å². The fourth-order valence-electron chi connectivity index (χ4n) is 3.22. The first-order valence-electron chi connectivity index (χ1n) is 12.2. The lowest BCUT2D eigenvalue weighted by atomic mass is 10.3. The van der Waals surface area contributed by atoms with Crippen LogP contribution in [0.25, 0.3) is 0 Å². The first kappa shape index (κ1) is 36.5. The molecule has 0 aliphatic rings. The van der Waals surface area contributed by atoms with Crippen molar-refractivity contribution >= 4 is 78.4 Å². The van der Waals surface area contributed by atoms with Gasteiger partial charge in [0.05, 0.1) is 29.9 Å². The van der Waals surface area contributed by atoms with Crippen molar-refractivity contribution in [2.75, 3.05) is 54.4 Å². The van der Waals surface area contributed by atoms with E-state index < -0.39 is 43.5 Å². The maximum atomic E-state index is 12.6. The van der Waals surface area contributed by atoms with Crippen LogP contribution in [0.2, 0.25) is 20.1 Å². The summed E-state index contributed by atoms with van der Waals surface area (Å²) in [5, 5.41) is -1.50. The number of hydrogen-bond donors (Lipinski definition) is 2. The van der Waals surface area contributed by atoms with Crippen LogP contribution in [0.5, 0.6) is 11.5 Å². The smallest absolute Gasteiger partial charge is 0.415 e. The van der Waals surface area contributed by atoms with Gasteiger partial charge >= 0.3 is 11.9 Å². The van der Waals surface area contributed by atoms with E-state index >= 15 is 0 Å². The molecule has 2 N–H and O–H groups in total. The van der Waals surface area contributed by atoms with Crippen molar-refractivity contribution in [3.05, 3.63) is 44.4 Å². The van der Waals surface area contributed by atoms with Gasteiger partial charge in [-0.15, -0.1) is 0 Å². The number of hydrogen-bond acceptors (Lipinski definition) is 10. The Labute approximate surface area is 265 Å². The number of esters is 2. The van der Waals surface area contributed by atoms with Crippen molar-refractivity contribution in [2.24, 2.45) is 0 Å². The van der Waals surface area contributed by atoms with E-state index in [9.17, 15) is 26.4 Å². The number of benzene rings is 2. The molecule has 42 heavy (non-hydrogen) atoms. The maximum absolute atomic E-state index is 12.6. The van der Waals surface area contributed by atoms with Gasteiger partial charge in [-0.2, -0.15) is 0 Å². The normalized spacial score (nSPS) is 12.1. The summed E-state index contributed by atoms with van der Waals surface area (Å²) in [7, 11) is -0.573. The second-order valence-electron chi connectivity index (χ2n) is 9.32. The van der Waals surface area contributed by atoms with E-state index in [0.29, 0.717) is 25.9 Å². The van der Waals surface area contributed by atoms with Crippen LogP contribution in [0.1, 0.15) is 12.8 Å². The Balaban J connectivity index is 2.12. The highest BCUT2D eigenvalue weighted by Gasteiger charge is 2.27. The van der Waals surface area contributed by atoms with Gasteiger partial charge in [-0.25, -0.2) is 35.9 Å². The van der Waals surface area contributed by atoms with Gasteiger partial charge in [0.15, 0.2) is 11.5 Å². The molecule has 18 heteroatoms. The summed E-state index contributed by atoms with van der Waals surface area (Å²) in [5.74, 6) is -4.18. The van der Waals surface area contributed by atoms with Crippen molar-refractivity contribution in [2.45, 2.75) is 22.6 Å². The molecule has 0 heterocycles. The molecule has 0 radical (unpaired) electrons. The summed E-state index contributed by atoms with van der Waals surface area (Å²) in [6.07, 6.45) is 1.10.